The second-order valence-corrected chi connectivity index (χ2v) is 6.52. The van der Waals surface area contributed by atoms with Gasteiger partial charge in [0.2, 0.25) is 0 Å². The molecule has 0 N–H and O–H groups in total. The van der Waals surface area contributed by atoms with Crippen LogP contribution < -0.4 is 0 Å². The molecule has 4 rings (SSSR count). The lowest BCUT2D eigenvalue weighted by molar-refractivity contribution is 0.0766. The van der Waals surface area contributed by atoms with Crippen LogP contribution in [0.3, 0.4) is 0 Å². The van der Waals surface area contributed by atoms with Gasteiger partial charge in [0.25, 0.3) is 5.91 Å². The summed E-state index contributed by atoms with van der Waals surface area (Å²) in [5.74, 6) is 0.0997. The van der Waals surface area contributed by atoms with E-state index < -0.39 is 0 Å². The molecule has 0 spiro atoms. The Morgan fingerprint density at radius 3 is 2.74 bits per heavy atom. The van der Waals surface area contributed by atoms with E-state index in [1.165, 1.54) is 6.42 Å². The summed E-state index contributed by atoms with van der Waals surface area (Å²) in [6.45, 7) is 2.39. The van der Waals surface area contributed by atoms with Gasteiger partial charge in [-0.25, -0.2) is 0 Å². The number of carbonyl (C=O) groups is 1. The second kappa shape index (κ2) is 5.78. The Balaban J connectivity index is 1.56. The summed E-state index contributed by atoms with van der Waals surface area (Å²) >= 11 is 0. The maximum absolute atomic E-state index is 12.6. The van der Waals surface area contributed by atoms with Crippen LogP contribution in [0.2, 0.25) is 0 Å². The molecule has 1 saturated heterocycles. The van der Waals surface area contributed by atoms with Crippen molar-refractivity contribution in [1.82, 2.24) is 14.8 Å². The van der Waals surface area contributed by atoms with E-state index in [9.17, 15) is 4.79 Å². The Morgan fingerprint density at radius 2 is 2.00 bits per heavy atom. The lowest BCUT2D eigenvalue weighted by Crippen LogP contribution is -2.23. The molecule has 1 atom stereocenters. The van der Waals surface area contributed by atoms with Gasteiger partial charge in [-0.3, -0.25) is 14.7 Å². The van der Waals surface area contributed by atoms with Gasteiger partial charge >= 0.3 is 0 Å². The average molecular weight is 307 g/mol. The van der Waals surface area contributed by atoms with Crippen LogP contribution in [0.5, 0.6) is 0 Å². The minimum atomic E-state index is 0.0997. The van der Waals surface area contributed by atoms with Gasteiger partial charge in [0.1, 0.15) is 0 Å². The van der Waals surface area contributed by atoms with Crippen LogP contribution in [-0.2, 0) is 13.1 Å². The van der Waals surface area contributed by atoms with Crippen LogP contribution in [0.4, 0.5) is 0 Å². The molecule has 1 amide bonds. The van der Waals surface area contributed by atoms with Crippen LogP contribution in [0.1, 0.15) is 46.2 Å². The zero-order valence-corrected chi connectivity index (χ0v) is 13.4. The Morgan fingerprint density at radius 1 is 1.17 bits per heavy atom. The molecule has 23 heavy (non-hydrogen) atoms. The van der Waals surface area contributed by atoms with E-state index in [0.717, 1.165) is 35.5 Å². The first-order valence-corrected chi connectivity index (χ1v) is 8.25. The number of nitrogens with zero attached hydrogens (tertiary/aromatic N) is 3. The predicted octanol–water partition coefficient (Wildman–Crippen LogP) is 3.00. The van der Waals surface area contributed by atoms with Gasteiger partial charge in [0.05, 0.1) is 29.5 Å². The fraction of sp³-hybridized carbons (Fsp3) is 0.368. The minimum Gasteiger partial charge on any atom is -0.328 e. The second-order valence-electron chi connectivity index (χ2n) is 6.52. The fourth-order valence-corrected chi connectivity index (χ4v) is 3.66. The normalized spacial score (nSPS) is 21.0. The highest BCUT2D eigenvalue weighted by Crippen LogP contribution is 2.31. The van der Waals surface area contributed by atoms with Gasteiger partial charge in [-0.2, -0.15) is 0 Å². The van der Waals surface area contributed by atoms with Gasteiger partial charge < -0.3 is 4.90 Å². The quantitative estimate of drug-likeness (QED) is 0.874. The topological polar surface area (TPSA) is 36.4 Å². The number of carbonyl (C=O) groups excluding carboxylic acids is 1. The number of rotatable bonds is 3. The molecule has 1 fully saturated rings. The lowest BCUT2D eigenvalue weighted by Gasteiger charge is -2.19. The van der Waals surface area contributed by atoms with Crippen molar-refractivity contribution in [1.29, 1.82) is 0 Å². The first-order chi connectivity index (χ1) is 11.2. The number of pyridine rings is 1. The van der Waals surface area contributed by atoms with E-state index in [2.05, 4.69) is 24.1 Å². The number of hydrogen-bond acceptors (Lipinski definition) is 3. The summed E-state index contributed by atoms with van der Waals surface area (Å²) in [5.41, 5.74) is 3.97. The van der Waals surface area contributed by atoms with Crippen LogP contribution in [-0.4, -0.2) is 34.3 Å². The third kappa shape index (κ3) is 2.63. The summed E-state index contributed by atoms with van der Waals surface area (Å²) in [5, 5.41) is 0. The van der Waals surface area contributed by atoms with Crippen molar-refractivity contribution < 1.29 is 4.79 Å². The molecule has 1 aromatic carbocycles. The van der Waals surface area contributed by atoms with Gasteiger partial charge in [-0.05, 0) is 44.1 Å². The van der Waals surface area contributed by atoms with Gasteiger partial charge in [0, 0.05) is 6.54 Å². The van der Waals surface area contributed by atoms with E-state index in [1.54, 1.807) is 0 Å². The number of fused-ring (bicyclic) bond motifs is 1. The van der Waals surface area contributed by atoms with Crippen molar-refractivity contribution in [2.45, 2.75) is 32.0 Å². The van der Waals surface area contributed by atoms with E-state index >= 15 is 0 Å². The average Bonchev–Trinajstić information content (AvgIpc) is 3.12. The summed E-state index contributed by atoms with van der Waals surface area (Å²) < 4.78 is 0. The monoisotopic (exact) mass is 307 g/mol. The SMILES string of the molecule is CN1CCCC1c1ccc2c(n1)CN(Cc1ccccc1)C2=O. The zero-order chi connectivity index (χ0) is 15.8. The summed E-state index contributed by atoms with van der Waals surface area (Å²) in [6.07, 6.45) is 2.38. The molecule has 1 unspecified atom stereocenters. The molecule has 2 aliphatic heterocycles. The molecule has 2 aromatic rings. The standard InChI is InChI=1S/C19H21N3O/c1-21-11-5-8-18(21)16-10-9-15-17(20-16)13-22(19(15)23)12-14-6-3-2-4-7-14/h2-4,6-7,9-10,18H,5,8,11-13H2,1H3. The molecule has 0 saturated carbocycles. The Hall–Kier alpha value is -2.20. The van der Waals surface area contributed by atoms with Crippen molar-refractivity contribution in [3.05, 3.63) is 65.0 Å². The van der Waals surface area contributed by atoms with Crippen LogP contribution >= 0.6 is 0 Å². The van der Waals surface area contributed by atoms with E-state index in [1.807, 2.05) is 35.2 Å². The maximum Gasteiger partial charge on any atom is 0.256 e. The smallest absolute Gasteiger partial charge is 0.256 e. The molecule has 4 heteroatoms. The third-order valence-electron chi connectivity index (χ3n) is 4.93. The number of aromatic nitrogens is 1. The van der Waals surface area contributed by atoms with Crippen molar-refractivity contribution in [2.75, 3.05) is 13.6 Å². The van der Waals surface area contributed by atoms with Crippen molar-refractivity contribution >= 4 is 5.91 Å². The van der Waals surface area contributed by atoms with Gasteiger partial charge in [-0.1, -0.05) is 30.3 Å². The molecular weight excluding hydrogens is 286 g/mol. The van der Waals surface area contributed by atoms with Crippen LogP contribution in [0, 0.1) is 0 Å². The maximum atomic E-state index is 12.6. The Kier molecular flexibility index (Phi) is 3.62. The first-order valence-electron chi connectivity index (χ1n) is 8.25. The van der Waals surface area contributed by atoms with Crippen molar-refractivity contribution in [3.8, 4) is 0 Å². The summed E-state index contributed by atoms with van der Waals surface area (Å²) in [7, 11) is 2.15. The molecule has 0 aliphatic carbocycles. The molecule has 0 bridgehead atoms. The highest BCUT2D eigenvalue weighted by Gasteiger charge is 2.31. The highest BCUT2D eigenvalue weighted by atomic mass is 16.2. The van der Waals surface area contributed by atoms with E-state index in [4.69, 9.17) is 4.98 Å². The Bertz CT molecular complexity index is 729. The number of benzene rings is 1. The molecule has 0 radical (unpaired) electrons. The van der Waals surface area contributed by atoms with E-state index in [0.29, 0.717) is 19.1 Å². The van der Waals surface area contributed by atoms with Gasteiger partial charge in [0.15, 0.2) is 0 Å². The molecular formula is C19H21N3O. The van der Waals surface area contributed by atoms with Crippen LogP contribution in [0.15, 0.2) is 42.5 Å². The molecule has 118 valence electrons. The van der Waals surface area contributed by atoms with Crippen molar-refractivity contribution in [2.24, 2.45) is 0 Å². The number of likely N-dealkylation sites (tertiary alicyclic amines) is 1. The van der Waals surface area contributed by atoms with E-state index in [-0.39, 0.29) is 5.91 Å². The molecule has 2 aliphatic rings. The summed E-state index contributed by atoms with van der Waals surface area (Å²) in [4.78, 5) is 21.6. The number of amides is 1. The molecule has 3 heterocycles. The zero-order valence-electron chi connectivity index (χ0n) is 13.4. The number of hydrogen-bond donors (Lipinski definition) is 0. The largest absolute Gasteiger partial charge is 0.328 e. The van der Waals surface area contributed by atoms with Crippen LogP contribution in [0.25, 0.3) is 0 Å². The predicted molar refractivity (Wildman–Crippen MR) is 88.9 cm³/mol. The first kappa shape index (κ1) is 14.4. The molecule has 1 aromatic heterocycles. The fourth-order valence-electron chi connectivity index (χ4n) is 3.66. The van der Waals surface area contributed by atoms with Gasteiger partial charge in [-0.15, -0.1) is 0 Å². The summed E-state index contributed by atoms with van der Waals surface area (Å²) in [6, 6.07) is 14.5. The van der Waals surface area contributed by atoms with Crippen molar-refractivity contribution in [3.63, 3.8) is 0 Å². The molecule has 4 nitrogen and oxygen atoms in total. The minimum absolute atomic E-state index is 0.0997. The highest BCUT2D eigenvalue weighted by molar-refractivity contribution is 5.97. The Labute approximate surface area is 136 Å². The lowest BCUT2D eigenvalue weighted by atomic mass is 10.1. The third-order valence-corrected chi connectivity index (χ3v) is 4.93.